The van der Waals surface area contributed by atoms with Gasteiger partial charge in [0.2, 0.25) is 0 Å². The van der Waals surface area contributed by atoms with Gasteiger partial charge in [-0.2, -0.15) is 0 Å². The van der Waals surface area contributed by atoms with Gasteiger partial charge in [-0.25, -0.2) is 0 Å². The Labute approximate surface area is 212 Å². The molecule has 0 N–H and O–H groups in total. The summed E-state index contributed by atoms with van der Waals surface area (Å²) in [5.74, 6) is 3.21. The lowest BCUT2D eigenvalue weighted by atomic mass is 9.95. The van der Waals surface area contributed by atoms with Gasteiger partial charge in [0.1, 0.15) is 11.6 Å². The van der Waals surface area contributed by atoms with Gasteiger partial charge < -0.3 is 9.47 Å². The lowest BCUT2D eigenvalue weighted by Gasteiger charge is -2.31. The predicted octanol–water partition coefficient (Wildman–Crippen LogP) is 5.44. The van der Waals surface area contributed by atoms with Crippen molar-refractivity contribution in [1.82, 2.24) is 19.7 Å². The van der Waals surface area contributed by atoms with Crippen molar-refractivity contribution in [3.05, 3.63) is 72.1 Å². The molecule has 0 aliphatic carbocycles. The maximum Gasteiger partial charge on any atom is 0.195 e. The number of piperidine rings is 1. The fourth-order valence-corrected chi connectivity index (χ4v) is 5.87. The number of benzene rings is 2. The number of likely N-dealkylation sites (tertiary alicyclic amines) is 1. The third-order valence-corrected chi connectivity index (χ3v) is 7.88. The summed E-state index contributed by atoms with van der Waals surface area (Å²) in [6.07, 6.45) is 9.24. The summed E-state index contributed by atoms with van der Waals surface area (Å²) in [6.45, 7) is 3.98. The molecule has 2 saturated heterocycles. The molecule has 3 aromatic rings. The minimum Gasteiger partial charge on any atom is -0.497 e. The summed E-state index contributed by atoms with van der Waals surface area (Å²) in [4.78, 5) is 2.52. The lowest BCUT2D eigenvalue weighted by Crippen LogP contribution is -2.33. The van der Waals surface area contributed by atoms with Crippen LogP contribution in [0.3, 0.4) is 0 Å². The van der Waals surface area contributed by atoms with Crippen LogP contribution in [0, 0.1) is 0 Å². The average Bonchev–Trinajstić information content (AvgIpc) is 3.59. The number of rotatable bonds is 9. The fraction of sp³-hybridized carbons (Fsp3) is 0.429. The number of ether oxygens (including phenoxy) is 2. The SMILES string of the molecule is COc1cccc(-n2c(SCC3CCCO3)nnc2C2CCN(CC=Cc3ccccc3)CC2)c1. The smallest absolute Gasteiger partial charge is 0.195 e. The van der Waals surface area contributed by atoms with Crippen LogP contribution < -0.4 is 4.74 Å². The minimum absolute atomic E-state index is 0.311. The van der Waals surface area contributed by atoms with E-state index in [1.807, 2.05) is 12.1 Å². The van der Waals surface area contributed by atoms with Gasteiger partial charge in [0.25, 0.3) is 0 Å². The van der Waals surface area contributed by atoms with E-state index in [4.69, 9.17) is 14.6 Å². The zero-order valence-electron chi connectivity index (χ0n) is 20.4. The van der Waals surface area contributed by atoms with E-state index in [9.17, 15) is 0 Å². The molecule has 0 amide bonds. The molecule has 184 valence electrons. The monoisotopic (exact) mass is 490 g/mol. The highest BCUT2D eigenvalue weighted by molar-refractivity contribution is 7.99. The van der Waals surface area contributed by atoms with E-state index < -0.39 is 0 Å². The predicted molar refractivity (Wildman–Crippen MR) is 141 cm³/mol. The maximum atomic E-state index is 5.84. The number of thioether (sulfide) groups is 1. The van der Waals surface area contributed by atoms with Gasteiger partial charge in [0, 0.05) is 30.9 Å². The standard InChI is InChI=1S/C28H34N4O2S/c1-33-25-12-5-11-24(20-25)32-27(29-30-28(32)35-21-26-13-7-19-34-26)23-14-17-31(18-15-23)16-6-10-22-8-3-2-4-9-22/h2-6,8-12,20,23,26H,7,13-19,21H2,1H3. The van der Waals surface area contributed by atoms with E-state index in [2.05, 4.69) is 69.2 Å². The molecule has 1 unspecified atom stereocenters. The highest BCUT2D eigenvalue weighted by atomic mass is 32.2. The zero-order chi connectivity index (χ0) is 23.9. The van der Waals surface area contributed by atoms with E-state index >= 15 is 0 Å². The topological polar surface area (TPSA) is 52.4 Å². The zero-order valence-corrected chi connectivity index (χ0v) is 21.2. The molecular weight excluding hydrogens is 456 g/mol. The molecule has 7 heteroatoms. The van der Waals surface area contributed by atoms with Crippen molar-refractivity contribution in [3.8, 4) is 11.4 Å². The van der Waals surface area contributed by atoms with E-state index in [0.717, 1.165) is 80.1 Å². The molecule has 0 spiro atoms. The summed E-state index contributed by atoms with van der Waals surface area (Å²) >= 11 is 1.75. The molecule has 1 atom stereocenters. The first kappa shape index (κ1) is 24.1. The van der Waals surface area contributed by atoms with Crippen molar-refractivity contribution >= 4 is 17.8 Å². The fourth-order valence-electron chi connectivity index (χ4n) is 4.85. The molecule has 5 rings (SSSR count). The van der Waals surface area contributed by atoms with E-state index in [1.54, 1.807) is 18.9 Å². The number of hydrogen-bond acceptors (Lipinski definition) is 6. The Morgan fingerprint density at radius 2 is 1.91 bits per heavy atom. The molecule has 2 aliphatic rings. The summed E-state index contributed by atoms with van der Waals surface area (Å²) in [5, 5.41) is 10.3. The minimum atomic E-state index is 0.311. The van der Waals surface area contributed by atoms with Crippen LogP contribution >= 0.6 is 11.8 Å². The highest BCUT2D eigenvalue weighted by Gasteiger charge is 2.27. The molecule has 6 nitrogen and oxygen atoms in total. The molecule has 2 aliphatic heterocycles. The van der Waals surface area contributed by atoms with Crippen LogP contribution in [0.1, 0.15) is 43.0 Å². The molecule has 0 saturated carbocycles. The molecule has 0 radical (unpaired) electrons. The second kappa shape index (κ2) is 11.9. The van der Waals surface area contributed by atoms with Gasteiger partial charge in [-0.3, -0.25) is 9.47 Å². The first-order valence-electron chi connectivity index (χ1n) is 12.6. The van der Waals surface area contributed by atoms with Crippen LogP contribution in [0.15, 0.2) is 65.8 Å². The van der Waals surface area contributed by atoms with Gasteiger partial charge >= 0.3 is 0 Å². The van der Waals surface area contributed by atoms with E-state index in [-0.39, 0.29) is 0 Å². The Kier molecular flexibility index (Phi) is 8.18. The van der Waals surface area contributed by atoms with Crippen LogP contribution in [0.4, 0.5) is 0 Å². The number of methoxy groups -OCH3 is 1. The number of nitrogens with zero attached hydrogens (tertiary/aromatic N) is 4. The van der Waals surface area contributed by atoms with Crippen LogP contribution in [0.5, 0.6) is 5.75 Å². The van der Waals surface area contributed by atoms with E-state index in [0.29, 0.717) is 12.0 Å². The van der Waals surface area contributed by atoms with Crippen molar-refractivity contribution in [2.45, 2.75) is 42.9 Å². The molecule has 2 aromatic carbocycles. The Morgan fingerprint density at radius 1 is 1.06 bits per heavy atom. The van der Waals surface area contributed by atoms with Crippen LogP contribution in [0.25, 0.3) is 11.8 Å². The highest BCUT2D eigenvalue weighted by Crippen LogP contribution is 2.33. The third-order valence-electron chi connectivity index (χ3n) is 6.82. The average molecular weight is 491 g/mol. The Morgan fingerprint density at radius 3 is 2.69 bits per heavy atom. The van der Waals surface area contributed by atoms with Crippen LogP contribution in [-0.4, -0.2) is 64.9 Å². The van der Waals surface area contributed by atoms with E-state index in [1.165, 1.54) is 5.56 Å². The summed E-state index contributed by atoms with van der Waals surface area (Å²) in [6, 6.07) is 18.7. The molecule has 0 bridgehead atoms. The Hall–Kier alpha value is -2.61. The molecule has 1 aromatic heterocycles. The Bertz CT molecular complexity index is 1100. The maximum absolute atomic E-state index is 5.84. The second-order valence-corrected chi connectivity index (χ2v) is 10.2. The van der Waals surface area contributed by atoms with Gasteiger partial charge in [-0.05, 0) is 56.5 Å². The first-order chi connectivity index (χ1) is 17.3. The third kappa shape index (κ3) is 6.15. The van der Waals surface area contributed by atoms with Gasteiger partial charge in [-0.15, -0.1) is 10.2 Å². The number of aromatic nitrogens is 3. The van der Waals surface area contributed by atoms with Crippen molar-refractivity contribution in [2.24, 2.45) is 0 Å². The quantitative estimate of drug-likeness (QED) is 0.372. The van der Waals surface area contributed by atoms with Crippen LogP contribution in [-0.2, 0) is 4.74 Å². The molecule has 2 fully saturated rings. The van der Waals surface area contributed by atoms with Crippen LogP contribution in [0.2, 0.25) is 0 Å². The normalized spacial score (nSPS) is 19.5. The Balaban J connectivity index is 1.28. The van der Waals surface area contributed by atoms with Gasteiger partial charge in [0.05, 0.1) is 18.9 Å². The van der Waals surface area contributed by atoms with Crippen molar-refractivity contribution in [2.75, 3.05) is 39.1 Å². The van der Waals surface area contributed by atoms with Crippen molar-refractivity contribution in [1.29, 1.82) is 0 Å². The summed E-state index contributed by atoms with van der Waals surface area (Å²) in [7, 11) is 1.71. The molecular formula is C28H34N4O2S. The lowest BCUT2D eigenvalue weighted by molar-refractivity contribution is 0.129. The summed E-state index contributed by atoms with van der Waals surface area (Å²) < 4.78 is 13.6. The summed E-state index contributed by atoms with van der Waals surface area (Å²) in [5.41, 5.74) is 2.31. The largest absolute Gasteiger partial charge is 0.497 e. The van der Waals surface area contributed by atoms with Gasteiger partial charge in [0.15, 0.2) is 5.16 Å². The molecule has 35 heavy (non-hydrogen) atoms. The van der Waals surface area contributed by atoms with Crippen molar-refractivity contribution in [3.63, 3.8) is 0 Å². The number of hydrogen-bond donors (Lipinski definition) is 0. The van der Waals surface area contributed by atoms with Crippen molar-refractivity contribution < 1.29 is 9.47 Å². The molecule has 3 heterocycles. The first-order valence-corrected chi connectivity index (χ1v) is 13.6. The van der Waals surface area contributed by atoms with Gasteiger partial charge in [-0.1, -0.05) is 60.3 Å². The second-order valence-electron chi connectivity index (χ2n) is 9.21.